The summed E-state index contributed by atoms with van der Waals surface area (Å²) in [6.45, 7) is 1.98. The van der Waals surface area contributed by atoms with Crippen molar-refractivity contribution in [3.8, 4) is 11.5 Å². The molecule has 0 radical (unpaired) electrons. The van der Waals surface area contributed by atoms with Crippen molar-refractivity contribution in [1.29, 1.82) is 0 Å². The number of nitrogens with one attached hydrogen (secondary N) is 1. The molecule has 11 heteroatoms. The highest BCUT2D eigenvalue weighted by molar-refractivity contribution is 7.19. The number of thiophene rings is 1. The molecule has 0 bridgehead atoms. The second-order valence-electron chi connectivity index (χ2n) is 8.15. The van der Waals surface area contributed by atoms with Gasteiger partial charge in [0.1, 0.15) is 29.2 Å². The number of aryl methyl sites for hydroxylation is 1. The Hall–Kier alpha value is -3.11. The summed E-state index contributed by atoms with van der Waals surface area (Å²) in [6, 6.07) is 3.12. The first-order chi connectivity index (χ1) is 15.9. The number of nitrogens with zero attached hydrogens (tertiary/aromatic N) is 4. The van der Waals surface area contributed by atoms with Gasteiger partial charge in [0.15, 0.2) is 5.65 Å². The molecule has 0 saturated heterocycles. The zero-order valence-electron chi connectivity index (χ0n) is 18.3. The smallest absolute Gasteiger partial charge is 0.352 e. The van der Waals surface area contributed by atoms with Crippen molar-refractivity contribution in [2.75, 3.05) is 19.5 Å². The summed E-state index contributed by atoms with van der Waals surface area (Å²) >= 11 is 7.85. The van der Waals surface area contributed by atoms with Gasteiger partial charge in [-0.05, 0) is 36.8 Å². The number of anilines is 1. The van der Waals surface area contributed by atoms with E-state index in [1.807, 2.05) is 0 Å². The van der Waals surface area contributed by atoms with Crippen molar-refractivity contribution in [3.05, 3.63) is 44.4 Å². The lowest BCUT2D eigenvalue weighted by molar-refractivity contribution is -0.117. The van der Waals surface area contributed by atoms with E-state index in [1.54, 1.807) is 17.4 Å². The van der Waals surface area contributed by atoms with Gasteiger partial charge in [-0.2, -0.15) is 0 Å². The third-order valence-corrected chi connectivity index (χ3v) is 7.38. The van der Waals surface area contributed by atoms with Crippen molar-refractivity contribution < 1.29 is 14.3 Å². The summed E-state index contributed by atoms with van der Waals surface area (Å²) in [5.74, 6) is 1.00. The Balaban J connectivity index is 1.48. The van der Waals surface area contributed by atoms with E-state index in [9.17, 15) is 9.59 Å². The summed E-state index contributed by atoms with van der Waals surface area (Å²) < 4.78 is 13.1. The molecule has 1 aliphatic rings. The second-order valence-corrected chi connectivity index (χ2v) is 9.64. The summed E-state index contributed by atoms with van der Waals surface area (Å²) in [4.78, 5) is 32.4. The fourth-order valence-electron chi connectivity index (χ4n) is 4.25. The third kappa shape index (κ3) is 3.72. The molecule has 1 aromatic carbocycles. The van der Waals surface area contributed by atoms with Crippen molar-refractivity contribution >= 4 is 50.4 Å². The summed E-state index contributed by atoms with van der Waals surface area (Å²) in [7, 11) is 2.97. The van der Waals surface area contributed by atoms with E-state index in [0.717, 1.165) is 34.2 Å². The van der Waals surface area contributed by atoms with Crippen LogP contribution in [0.15, 0.2) is 23.3 Å². The van der Waals surface area contributed by atoms with Gasteiger partial charge in [0.2, 0.25) is 5.91 Å². The fraction of sp³-hybridized carbons (Fsp3) is 0.364. The predicted octanol–water partition coefficient (Wildman–Crippen LogP) is 3.54. The average Bonchev–Trinajstić information content (AvgIpc) is 3.30. The number of carbonyl (C=O) groups excluding carboxylic acids is 1. The summed E-state index contributed by atoms with van der Waals surface area (Å²) in [5, 5.41) is 8.48. The maximum Gasteiger partial charge on any atom is 0.352 e. The molecule has 1 unspecified atom stereocenters. The normalized spacial score (nSPS) is 15.6. The first-order valence-electron chi connectivity index (χ1n) is 10.5. The molecule has 0 saturated carbocycles. The van der Waals surface area contributed by atoms with Gasteiger partial charge < -0.3 is 14.8 Å². The van der Waals surface area contributed by atoms with Gasteiger partial charge in [-0.3, -0.25) is 4.79 Å². The Morgan fingerprint density at radius 2 is 2.09 bits per heavy atom. The lowest BCUT2D eigenvalue weighted by atomic mass is 9.89. The number of methoxy groups -OCH3 is 2. The van der Waals surface area contributed by atoms with Crippen LogP contribution in [0.1, 0.15) is 23.8 Å². The molecule has 0 fully saturated rings. The van der Waals surface area contributed by atoms with E-state index in [0.29, 0.717) is 33.8 Å². The SMILES string of the molecule is COc1cc(OC)c(NC(=O)Cn2nc3c4c5c(sc4ncn3c2=O)CC(C)CC5)cc1Cl. The van der Waals surface area contributed by atoms with E-state index in [1.165, 1.54) is 41.5 Å². The van der Waals surface area contributed by atoms with Crippen molar-refractivity contribution in [3.63, 3.8) is 0 Å². The second kappa shape index (κ2) is 8.35. The van der Waals surface area contributed by atoms with Crippen LogP contribution in [0.5, 0.6) is 11.5 Å². The molecule has 1 N–H and O–H groups in total. The van der Waals surface area contributed by atoms with Gasteiger partial charge in [-0.1, -0.05) is 18.5 Å². The van der Waals surface area contributed by atoms with Gasteiger partial charge in [0.25, 0.3) is 0 Å². The lowest BCUT2D eigenvalue weighted by Crippen LogP contribution is -2.28. The zero-order chi connectivity index (χ0) is 23.3. The van der Waals surface area contributed by atoms with Gasteiger partial charge in [-0.25, -0.2) is 18.9 Å². The number of ether oxygens (including phenoxy) is 2. The highest BCUT2D eigenvalue weighted by atomic mass is 35.5. The van der Waals surface area contributed by atoms with E-state index in [-0.39, 0.29) is 6.54 Å². The first-order valence-corrected chi connectivity index (χ1v) is 11.7. The molecule has 3 heterocycles. The standard InChI is InChI=1S/C22H22ClN5O4S/c1-11-4-5-12-17(6-11)33-21-19(12)20-26-28(22(30)27(20)10-24-21)9-18(29)25-14-7-13(23)15(31-2)8-16(14)32-3/h7-8,10-11H,4-6,9H2,1-3H3,(H,25,29). The van der Waals surface area contributed by atoms with Crippen LogP contribution < -0.4 is 20.5 Å². The van der Waals surface area contributed by atoms with E-state index < -0.39 is 11.6 Å². The minimum atomic E-state index is -0.439. The van der Waals surface area contributed by atoms with E-state index in [2.05, 4.69) is 22.3 Å². The highest BCUT2D eigenvalue weighted by Crippen LogP contribution is 2.38. The Morgan fingerprint density at radius 1 is 1.30 bits per heavy atom. The van der Waals surface area contributed by atoms with Gasteiger partial charge in [0, 0.05) is 10.9 Å². The summed E-state index contributed by atoms with van der Waals surface area (Å²) in [6.07, 6.45) is 4.54. The summed E-state index contributed by atoms with van der Waals surface area (Å²) in [5.41, 5.74) is 1.72. The van der Waals surface area contributed by atoms with Crippen LogP contribution in [-0.4, -0.2) is 39.3 Å². The average molecular weight is 488 g/mol. The quantitative estimate of drug-likeness (QED) is 0.462. The third-order valence-electron chi connectivity index (χ3n) is 5.92. The van der Waals surface area contributed by atoms with Gasteiger partial charge in [-0.15, -0.1) is 16.4 Å². The number of halogens is 1. The molecule has 4 aromatic rings. The van der Waals surface area contributed by atoms with Gasteiger partial charge in [0.05, 0.1) is 30.3 Å². The minimum Gasteiger partial charge on any atom is -0.495 e. The molecular formula is C22H22ClN5O4S. The van der Waals surface area contributed by atoms with Crippen molar-refractivity contribution in [2.24, 2.45) is 5.92 Å². The van der Waals surface area contributed by atoms with Crippen molar-refractivity contribution in [1.82, 2.24) is 19.2 Å². The number of aromatic nitrogens is 4. The van der Waals surface area contributed by atoms with Crippen molar-refractivity contribution in [2.45, 2.75) is 32.7 Å². The minimum absolute atomic E-state index is 0.266. The molecule has 9 nitrogen and oxygen atoms in total. The zero-order valence-corrected chi connectivity index (χ0v) is 19.9. The molecule has 0 spiro atoms. The van der Waals surface area contributed by atoms with Crippen LogP contribution in [0.3, 0.4) is 0 Å². The molecule has 33 heavy (non-hydrogen) atoms. The Bertz CT molecular complexity index is 1460. The maximum atomic E-state index is 12.9. The van der Waals surface area contributed by atoms with E-state index in [4.69, 9.17) is 21.1 Å². The first kappa shape index (κ1) is 21.7. The van der Waals surface area contributed by atoms with Crippen LogP contribution in [0.25, 0.3) is 15.9 Å². The number of benzene rings is 1. The number of hydrogen-bond donors (Lipinski definition) is 1. The fourth-order valence-corrected chi connectivity index (χ4v) is 5.84. The van der Waals surface area contributed by atoms with E-state index >= 15 is 0 Å². The number of carbonyl (C=O) groups is 1. The molecule has 5 rings (SSSR count). The molecule has 3 aromatic heterocycles. The highest BCUT2D eigenvalue weighted by Gasteiger charge is 2.24. The maximum absolute atomic E-state index is 12.9. The Kier molecular flexibility index (Phi) is 5.49. The van der Waals surface area contributed by atoms with Crippen LogP contribution in [0.2, 0.25) is 5.02 Å². The lowest BCUT2D eigenvalue weighted by Gasteiger charge is -2.17. The molecule has 0 aliphatic heterocycles. The predicted molar refractivity (Wildman–Crippen MR) is 127 cm³/mol. The largest absolute Gasteiger partial charge is 0.495 e. The topological polar surface area (TPSA) is 99.8 Å². The van der Waals surface area contributed by atoms with Crippen LogP contribution >= 0.6 is 22.9 Å². The monoisotopic (exact) mass is 487 g/mol. The molecule has 172 valence electrons. The molecule has 1 amide bonds. The van der Waals surface area contributed by atoms with Crippen LogP contribution in [-0.2, 0) is 24.2 Å². The molecule has 1 atom stereocenters. The number of fused-ring (bicyclic) bond motifs is 5. The van der Waals surface area contributed by atoms with Crippen LogP contribution in [0.4, 0.5) is 5.69 Å². The Morgan fingerprint density at radius 3 is 2.85 bits per heavy atom. The van der Waals surface area contributed by atoms with Gasteiger partial charge >= 0.3 is 5.69 Å². The number of rotatable bonds is 5. The number of amides is 1. The number of hydrogen-bond acceptors (Lipinski definition) is 7. The molecular weight excluding hydrogens is 466 g/mol. The molecule has 1 aliphatic carbocycles. The Labute approximate surface area is 197 Å². The van der Waals surface area contributed by atoms with Crippen LogP contribution in [0, 0.1) is 5.92 Å².